The summed E-state index contributed by atoms with van der Waals surface area (Å²) in [6.45, 7) is 1.43. The molecule has 4 heteroatoms. The Hall–Kier alpha value is -1.39. The van der Waals surface area contributed by atoms with Gasteiger partial charge in [-0.25, -0.2) is 0 Å². The molecule has 1 aliphatic heterocycles. The first-order chi connectivity index (χ1) is 8.29. The summed E-state index contributed by atoms with van der Waals surface area (Å²) in [5, 5.41) is 0. The molecule has 0 aromatic heterocycles. The number of benzene rings is 1. The van der Waals surface area contributed by atoms with Crippen LogP contribution in [-0.2, 0) is 9.47 Å². The summed E-state index contributed by atoms with van der Waals surface area (Å²) in [7, 11) is 1.60. The van der Waals surface area contributed by atoms with E-state index in [1.807, 2.05) is 0 Å². The zero-order chi connectivity index (χ0) is 12.1. The molecule has 1 aliphatic rings. The van der Waals surface area contributed by atoms with Crippen molar-refractivity contribution in [1.29, 1.82) is 0 Å². The largest absolute Gasteiger partial charge is 0.497 e. The third kappa shape index (κ3) is 3.28. The van der Waals surface area contributed by atoms with Crippen LogP contribution in [0, 0.1) is 0 Å². The number of hydrogen-bond acceptors (Lipinski definition) is 4. The highest BCUT2D eigenvalue weighted by molar-refractivity contribution is 5.97. The molecule has 2 rings (SSSR count). The van der Waals surface area contributed by atoms with Gasteiger partial charge in [0, 0.05) is 12.2 Å². The average molecular weight is 236 g/mol. The van der Waals surface area contributed by atoms with Crippen molar-refractivity contribution in [2.24, 2.45) is 0 Å². The van der Waals surface area contributed by atoms with E-state index in [0.717, 1.165) is 18.8 Å². The maximum absolute atomic E-state index is 11.8. The highest BCUT2D eigenvalue weighted by Crippen LogP contribution is 2.13. The number of carbonyl (C=O) groups excluding carboxylic acids is 1. The molecule has 1 saturated heterocycles. The highest BCUT2D eigenvalue weighted by Gasteiger charge is 2.17. The Bertz CT molecular complexity index is 366. The monoisotopic (exact) mass is 236 g/mol. The SMILES string of the molecule is COc1ccc(C(=O)COC2CCOC2)cc1. The van der Waals surface area contributed by atoms with Crippen LogP contribution >= 0.6 is 0 Å². The summed E-state index contributed by atoms with van der Waals surface area (Å²) in [5.41, 5.74) is 0.643. The van der Waals surface area contributed by atoms with Gasteiger partial charge in [0.05, 0.1) is 19.8 Å². The Balaban J connectivity index is 1.85. The second-order valence-electron chi connectivity index (χ2n) is 3.95. The van der Waals surface area contributed by atoms with Gasteiger partial charge in [-0.1, -0.05) is 0 Å². The summed E-state index contributed by atoms with van der Waals surface area (Å²) < 4.78 is 15.7. The maximum atomic E-state index is 11.8. The molecule has 92 valence electrons. The van der Waals surface area contributed by atoms with Crippen molar-refractivity contribution >= 4 is 5.78 Å². The molecule has 4 nitrogen and oxygen atoms in total. The molecule has 1 unspecified atom stereocenters. The summed E-state index contributed by atoms with van der Waals surface area (Å²) >= 11 is 0. The summed E-state index contributed by atoms with van der Waals surface area (Å²) in [6, 6.07) is 7.03. The molecule has 0 amide bonds. The fraction of sp³-hybridized carbons (Fsp3) is 0.462. The fourth-order valence-corrected chi connectivity index (χ4v) is 1.70. The number of rotatable bonds is 5. The van der Waals surface area contributed by atoms with Crippen molar-refractivity contribution in [2.75, 3.05) is 26.9 Å². The molecule has 0 bridgehead atoms. The van der Waals surface area contributed by atoms with E-state index in [0.29, 0.717) is 12.2 Å². The molecule has 1 aromatic carbocycles. The standard InChI is InChI=1S/C13H16O4/c1-15-11-4-2-10(3-5-11)13(14)9-17-12-6-7-16-8-12/h2-5,12H,6-9H2,1H3. The zero-order valence-electron chi connectivity index (χ0n) is 9.85. The minimum Gasteiger partial charge on any atom is -0.497 e. The molecule has 1 heterocycles. The van der Waals surface area contributed by atoms with Crippen molar-refractivity contribution in [3.63, 3.8) is 0 Å². The van der Waals surface area contributed by atoms with Gasteiger partial charge in [-0.3, -0.25) is 4.79 Å². The molecule has 0 radical (unpaired) electrons. The van der Waals surface area contributed by atoms with Gasteiger partial charge in [-0.15, -0.1) is 0 Å². The quantitative estimate of drug-likeness (QED) is 0.730. The van der Waals surface area contributed by atoms with E-state index in [-0.39, 0.29) is 18.5 Å². The molecular weight excluding hydrogens is 220 g/mol. The Kier molecular flexibility index (Phi) is 4.12. The van der Waals surface area contributed by atoms with Gasteiger partial charge in [0.2, 0.25) is 0 Å². The lowest BCUT2D eigenvalue weighted by Crippen LogP contribution is -2.18. The zero-order valence-corrected chi connectivity index (χ0v) is 9.85. The van der Waals surface area contributed by atoms with Crippen LogP contribution in [0.25, 0.3) is 0 Å². The van der Waals surface area contributed by atoms with Gasteiger partial charge >= 0.3 is 0 Å². The number of carbonyl (C=O) groups is 1. The summed E-state index contributed by atoms with van der Waals surface area (Å²) in [4.78, 5) is 11.8. The molecular formula is C13H16O4. The third-order valence-electron chi connectivity index (χ3n) is 2.75. The van der Waals surface area contributed by atoms with Crippen molar-refractivity contribution in [1.82, 2.24) is 0 Å². The summed E-state index contributed by atoms with van der Waals surface area (Å²) in [6.07, 6.45) is 0.938. The van der Waals surface area contributed by atoms with Gasteiger partial charge in [-0.2, -0.15) is 0 Å². The van der Waals surface area contributed by atoms with Crippen molar-refractivity contribution in [3.8, 4) is 5.75 Å². The van der Waals surface area contributed by atoms with Crippen LogP contribution in [0.4, 0.5) is 0 Å². The molecule has 0 N–H and O–H groups in total. The van der Waals surface area contributed by atoms with Gasteiger partial charge in [0.25, 0.3) is 0 Å². The number of methoxy groups -OCH3 is 1. The first-order valence-electron chi connectivity index (χ1n) is 5.66. The predicted molar refractivity (Wildman–Crippen MR) is 62.5 cm³/mol. The van der Waals surface area contributed by atoms with Gasteiger partial charge in [-0.05, 0) is 30.7 Å². The molecule has 0 saturated carbocycles. The molecule has 0 aliphatic carbocycles. The van der Waals surface area contributed by atoms with Crippen LogP contribution in [-0.4, -0.2) is 38.8 Å². The lowest BCUT2D eigenvalue weighted by molar-refractivity contribution is 0.0390. The number of ether oxygens (including phenoxy) is 3. The van der Waals surface area contributed by atoms with Crippen LogP contribution in [0.2, 0.25) is 0 Å². The van der Waals surface area contributed by atoms with E-state index >= 15 is 0 Å². The molecule has 1 atom stereocenters. The smallest absolute Gasteiger partial charge is 0.188 e. The lowest BCUT2D eigenvalue weighted by atomic mass is 10.1. The van der Waals surface area contributed by atoms with E-state index in [2.05, 4.69) is 0 Å². The molecule has 0 spiro atoms. The first-order valence-corrected chi connectivity index (χ1v) is 5.66. The molecule has 17 heavy (non-hydrogen) atoms. The van der Waals surface area contributed by atoms with Gasteiger partial charge < -0.3 is 14.2 Å². The number of hydrogen-bond donors (Lipinski definition) is 0. The van der Waals surface area contributed by atoms with Crippen LogP contribution in [0.15, 0.2) is 24.3 Å². The Morgan fingerprint density at radius 2 is 2.18 bits per heavy atom. The first kappa shape index (κ1) is 12.1. The minimum atomic E-state index is -0.0143. The Morgan fingerprint density at radius 3 is 2.76 bits per heavy atom. The number of Topliss-reactive ketones (excluding diaryl/α,β-unsaturated/α-hetero) is 1. The lowest BCUT2D eigenvalue weighted by Gasteiger charge is -2.09. The normalized spacial score (nSPS) is 19.2. The van der Waals surface area contributed by atoms with Crippen molar-refractivity contribution < 1.29 is 19.0 Å². The predicted octanol–water partition coefficient (Wildman–Crippen LogP) is 1.68. The van der Waals surface area contributed by atoms with Gasteiger partial charge in [0.15, 0.2) is 5.78 Å². The van der Waals surface area contributed by atoms with E-state index in [9.17, 15) is 4.79 Å². The molecule has 1 aromatic rings. The van der Waals surface area contributed by atoms with E-state index in [1.165, 1.54) is 0 Å². The van der Waals surface area contributed by atoms with Crippen molar-refractivity contribution in [2.45, 2.75) is 12.5 Å². The third-order valence-corrected chi connectivity index (χ3v) is 2.75. The second-order valence-corrected chi connectivity index (χ2v) is 3.95. The second kappa shape index (κ2) is 5.80. The number of ketones is 1. The van der Waals surface area contributed by atoms with Gasteiger partial charge in [0.1, 0.15) is 12.4 Å². The fourth-order valence-electron chi connectivity index (χ4n) is 1.70. The van der Waals surface area contributed by atoms with E-state index in [4.69, 9.17) is 14.2 Å². The van der Waals surface area contributed by atoms with Crippen LogP contribution in [0.1, 0.15) is 16.8 Å². The van der Waals surface area contributed by atoms with Crippen LogP contribution in [0.3, 0.4) is 0 Å². The topological polar surface area (TPSA) is 44.8 Å². The Labute approximate surface area is 100 Å². The van der Waals surface area contributed by atoms with Crippen molar-refractivity contribution in [3.05, 3.63) is 29.8 Å². The van der Waals surface area contributed by atoms with E-state index in [1.54, 1.807) is 31.4 Å². The Morgan fingerprint density at radius 1 is 1.41 bits per heavy atom. The highest BCUT2D eigenvalue weighted by atomic mass is 16.5. The van der Waals surface area contributed by atoms with Crippen LogP contribution < -0.4 is 4.74 Å². The maximum Gasteiger partial charge on any atom is 0.188 e. The van der Waals surface area contributed by atoms with Crippen LogP contribution in [0.5, 0.6) is 5.75 Å². The van der Waals surface area contributed by atoms with E-state index < -0.39 is 0 Å². The average Bonchev–Trinajstić information content (AvgIpc) is 2.89. The molecule has 1 fully saturated rings. The summed E-state index contributed by atoms with van der Waals surface area (Å²) in [5.74, 6) is 0.728. The minimum absolute atomic E-state index is 0.0143.